The summed E-state index contributed by atoms with van der Waals surface area (Å²) in [7, 11) is 2.05. The number of nitrogens with one attached hydrogen (secondary N) is 1. The molecule has 2 fully saturated rings. The number of aliphatic imine (C=N–C) groups is 1. The van der Waals surface area contributed by atoms with Crippen molar-refractivity contribution in [2.45, 2.75) is 38.5 Å². The number of hydrogen-bond acceptors (Lipinski definition) is 7. The second kappa shape index (κ2) is 11.1. The number of halogens is 3. The summed E-state index contributed by atoms with van der Waals surface area (Å²) in [5, 5.41) is 2.78. The van der Waals surface area contributed by atoms with E-state index in [1.54, 1.807) is 12.4 Å². The summed E-state index contributed by atoms with van der Waals surface area (Å²) in [6.07, 6.45) is 3.37. The molecule has 2 saturated heterocycles. The summed E-state index contributed by atoms with van der Waals surface area (Å²) in [5.74, 6) is -2.55. The predicted octanol–water partition coefficient (Wildman–Crippen LogP) is 3.83. The average molecular weight is 546 g/mol. The molecule has 11 heteroatoms. The first-order chi connectivity index (χ1) is 18.6. The van der Waals surface area contributed by atoms with Gasteiger partial charge in [-0.15, -0.1) is 0 Å². The monoisotopic (exact) mass is 545 g/mol. The van der Waals surface area contributed by atoms with Gasteiger partial charge < -0.3 is 19.7 Å². The number of alkyl halides is 3. The number of hydrogen-bond donors (Lipinski definition) is 1. The molecule has 1 amide bonds. The maximum Gasteiger partial charge on any atom is 0.395 e. The van der Waals surface area contributed by atoms with Crippen LogP contribution in [0.4, 0.5) is 18.9 Å². The molecule has 0 saturated carbocycles. The Morgan fingerprint density at radius 1 is 1.23 bits per heavy atom. The number of likely N-dealkylation sites (tertiary alicyclic amines) is 1. The highest BCUT2D eigenvalue weighted by molar-refractivity contribution is 5.98. The maximum absolute atomic E-state index is 13.4. The summed E-state index contributed by atoms with van der Waals surface area (Å²) in [6, 6.07) is 2.08. The largest absolute Gasteiger partial charge is 0.470 e. The first-order valence-corrected chi connectivity index (χ1v) is 13.3. The number of carbonyl (C=O) groups is 1. The number of aromatic nitrogens is 1. The molecule has 3 unspecified atom stereocenters. The van der Waals surface area contributed by atoms with Gasteiger partial charge in [0.15, 0.2) is 0 Å². The van der Waals surface area contributed by atoms with Gasteiger partial charge in [0, 0.05) is 67.9 Å². The highest BCUT2D eigenvalue weighted by Gasteiger charge is 2.42. The number of ether oxygens (including phenoxy) is 2. The topological polar surface area (TPSA) is 79.3 Å². The Morgan fingerprint density at radius 3 is 2.67 bits per heavy atom. The lowest BCUT2D eigenvalue weighted by Gasteiger charge is -2.37. The minimum atomic E-state index is -4.41. The van der Waals surface area contributed by atoms with E-state index >= 15 is 0 Å². The highest BCUT2D eigenvalue weighted by Crippen LogP contribution is 2.38. The third kappa shape index (κ3) is 6.19. The van der Waals surface area contributed by atoms with Crippen molar-refractivity contribution in [3.8, 4) is 5.88 Å². The molecule has 1 aliphatic carbocycles. The van der Waals surface area contributed by atoms with Crippen LogP contribution in [-0.4, -0.2) is 80.2 Å². The molecule has 3 atom stereocenters. The van der Waals surface area contributed by atoms with Gasteiger partial charge in [-0.05, 0) is 31.5 Å². The van der Waals surface area contributed by atoms with Crippen LogP contribution in [0.5, 0.6) is 5.88 Å². The van der Waals surface area contributed by atoms with Crippen LogP contribution >= 0.6 is 0 Å². The van der Waals surface area contributed by atoms with Gasteiger partial charge in [0.2, 0.25) is 5.88 Å². The molecule has 1 N–H and O–H groups in total. The van der Waals surface area contributed by atoms with Crippen LogP contribution in [0.25, 0.3) is 0 Å². The zero-order valence-electron chi connectivity index (χ0n) is 22.4. The number of anilines is 1. The van der Waals surface area contributed by atoms with Crippen molar-refractivity contribution in [2.24, 2.45) is 16.8 Å². The van der Waals surface area contributed by atoms with Crippen LogP contribution in [0.15, 0.2) is 53.0 Å². The number of allylic oxidation sites excluding steroid dienone is 3. The summed E-state index contributed by atoms with van der Waals surface area (Å²) < 4.78 is 52.0. The number of carbonyl (C=O) groups excluding carboxylic acids is 1. The maximum atomic E-state index is 13.4. The van der Waals surface area contributed by atoms with Crippen LogP contribution in [-0.2, 0) is 9.53 Å². The Hall–Kier alpha value is -3.18. The van der Waals surface area contributed by atoms with E-state index in [1.807, 2.05) is 14.0 Å². The van der Waals surface area contributed by atoms with Crippen molar-refractivity contribution in [3.63, 3.8) is 0 Å². The van der Waals surface area contributed by atoms with Crippen molar-refractivity contribution in [3.05, 3.63) is 53.5 Å². The molecule has 1 aromatic rings. The van der Waals surface area contributed by atoms with Crippen LogP contribution in [0.2, 0.25) is 0 Å². The zero-order chi connectivity index (χ0) is 27.7. The van der Waals surface area contributed by atoms with Crippen molar-refractivity contribution in [1.29, 1.82) is 0 Å². The van der Waals surface area contributed by atoms with E-state index < -0.39 is 23.9 Å². The first kappa shape index (κ1) is 27.4. The fraction of sp³-hybridized carbons (Fsp3) is 0.536. The Balaban J connectivity index is 1.33. The molecular formula is C28H34F3N5O3. The number of nitrogens with zero attached hydrogens (tertiary/aromatic N) is 4. The van der Waals surface area contributed by atoms with Crippen LogP contribution < -0.4 is 15.0 Å². The average Bonchev–Trinajstić information content (AvgIpc) is 2.89. The SMILES string of the molecule is CC1=NC=C(NC(=O)C2=CC(C(F)(F)F)C(C)C=C2)CC1c1cnc(OC2CN(C)C2)c(N2CCOCC2)c1. The normalized spacial score (nSPS) is 26.4. The molecule has 39 heavy (non-hydrogen) atoms. The van der Waals surface area contributed by atoms with E-state index in [9.17, 15) is 18.0 Å². The van der Waals surface area contributed by atoms with Crippen LogP contribution in [0, 0.1) is 11.8 Å². The molecule has 0 aromatic carbocycles. The van der Waals surface area contributed by atoms with E-state index in [2.05, 4.69) is 26.2 Å². The number of likely N-dealkylation sites (N-methyl/N-ethyl adjacent to an activating group) is 1. The van der Waals surface area contributed by atoms with Gasteiger partial charge in [0.25, 0.3) is 5.91 Å². The highest BCUT2D eigenvalue weighted by atomic mass is 19.4. The summed E-state index contributed by atoms with van der Waals surface area (Å²) in [6.45, 7) is 7.81. The fourth-order valence-electron chi connectivity index (χ4n) is 5.31. The van der Waals surface area contributed by atoms with Crippen molar-refractivity contribution < 1.29 is 27.4 Å². The number of morpholine rings is 1. The Bertz CT molecular complexity index is 1210. The molecule has 3 aliphatic heterocycles. The Morgan fingerprint density at radius 2 is 1.97 bits per heavy atom. The summed E-state index contributed by atoms with van der Waals surface area (Å²) >= 11 is 0. The molecule has 4 aliphatic rings. The van der Waals surface area contributed by atoms with Gasteiger partial charge in [0.05, 0.1) is 19.1 Å². The smallest absolute Gasteiger partial charge is 0.395 e. The molecule has 8 nitrogen and oxygen atoms in total. The molecule has 210 valence electrons. The van der Waals surface area contributed by atoms with E-state index in [0.29, 0.717) is 31.2 Å². The zero-order valence-corrected chi connectivity index (χ0v) is 22.4. The molecule has 0 radical (unpaired) electrons. The molecule has 5 rings (SSSR count). The Kier molecular flexibility index (Phi) is 7.82. The number of rotatable bonds is 6. The minimum Gasteiger partial charge on any atom is -0.470 e. The van der Waals surface area contributed by atoms with E-state index in [0.717, 1.165) is 49.2 Å². The first-order valence-electron chi connectivity index (χ1n) is 13.3. The standard InChI is InChI=1S/C28H34F3N5O3/c1-17-4-5-19(10-24(17)28(29,30)31)26(37)34-21-12-23(18(2)32-14-21)20-11-25(36-6-8-38-9-7-36)27(33-13-20)39-22-15-35(3)16-22/h4-5,10-11,13-14,17,22-24H,6-9,12,15-16H2,1-3H3,(H,34,37). The van der Waals surface area contributed by atoms with Crippen LogP contribution in [0.3, 0.4) is 0 Å². The Labute approximate surface area is 226 Å². The molecule has 0 spiro atoms. The van der Waals surface area contributed by atoms with Gasteiger partial charge in [0.1, 0.15) is 11.8 Å². The summed E-state index contributed by atoms with van der Waals surface area (Å²) in [5.41, 5.74) is 3.23. The lowest BCUT2D eigenvalue weighted by molar-refractivity contribution is -0.169. The van der Waals surface area contributed by atoms with Gasteiger partial charge in [-0.25, -0.2) is 4.98 Å². The van der Waals surface area contributed by atoms with Crippen LogP contribution in [0.1, 0.15) is 31.7 Å². The quantitative estimate of drug-likeness (QED) is 0.586. The van der Waals surface area contributed by atoms with Gasteiger partial charge in [-0.2, -0.15) is 13.2 Å². The van der Waals surface area contributed by atoms with Gasteiger partial charge >= 0.3 is 6.18 Å². The molecule has 1 aromatic heterocycles. The van der Waals surface area contributed by atoms with Crippen molar-refractivity contribution >= 4 is 17.3 Å². The van der Waals surface area contributed by atoms with Crippen molar-refractivity contribution in [2.75, 3.05) is 51.3 Å². The van der Waals surface area contributed by atoms with E-state index in [-0.39, 0.29) is 17.6 Å². The third-order valence-corrected chi connectivity index (χ3v) is 7.69. The number of pyridine rings is 1. The van der Waals surface area contributed by atoms with E-state index in [1.165, 1.54) is 19.1 Å². The van der Waals surface area contributed by atoms with Crippen molar-refractivity contribution in [1.82, 2.24) is 15.2 Å². The second-order valence-corrected chi connectivity index (χ2v) is 10.7. The minimum absolute atomic E-state index is 0.00133. The third-order valence-electron chi connectivity index (χ3n) is 7.69. The summed E-state index contributed by atoms with van der Waals surface area (Å²) in [4.78, 5) is 26.5. The number of amides is 1. The van der Waals surface area contributed by atoms with E-state index in [4.69, 9.17) is 14.5 Å². The fourth-order valence-corrected chi connectivity index (χ4v) is 5.31. The lowest BCUT2D eigenvalue weighted by atomic mass is 9.86. The second-order valence-electron chi connectivity index (χ2n) is 10.7. The predicted molar refractivity (Wildman–Crippen MR) is 142 cm³/mol. The lowest BCUT2D eigenvalue weighted by Crippen LogP contribution is -2.51. The van der Waals surface area contributed by atoms with Gasteiger partial charge in [-0.3, -0.25) is 14.7 Å². The molecular weight excluding hydrogens is 511 g/mol. The molecule has 0 bridgehead atoms. The molecule has 4 heterocycles. The van der Waals surface area contributed by atoms with Gasteiger partial charge in [-0.1, -0.05) is 25.2 Å².